The number of carbonyl (C=O) groups is 1. The largest absolute Gasteiger partial charge is 0.384 e. The molecule has 1 aliphatic heterocycles. The van der Waals surface area contributed by atoms with E-state index in [0.29, 0.717) is 36.7 Å². The molecule has 2 rings (SSSR count). The number of likely N-dealkylation sites (tertiary alicyclic amines) is 1. The van der Waals surface area contributed by atoms with Gasteiger partial charge in [-0.1, -0.05) is 0 Å². The van der Waals surface area contributed by atoms with E-state index in [1.54, 1.807) is 25.0 Å². The second-order valence-electron chi connectivity index (χ2n) is 5.33. The third-order valence-electron chi connectivity index (χ3n) is 3.55. The third kappa shape index (κ3) is 3.96. The van der Waals surface area contributed by atoms with Gasteiger partial charge in [-0.3, -0.25) is 4.79 Å². The van der Waals surface area contributed by atoms with Gasteiger partial charge in [-0.05, 0) is 37.1 Å². The Hall–Kier alpha value is -1.11. The van der Waals surface area contributed by atoms with Gasteiger partial charge >= 0.3 is 0 Å². The maximum Gasteiger partial charge on any atom is 0.261 e. The molecule has 1 aliphatic rings. The molecule has 1 heterocycles. The van der Waals surface area contributed by atoms with Crippen molar-refractivity contribution >= 4 is 25.6 Å². The van der Waals surface area contributed by atoms with Gasteiger partial charge in [-0.2, -0.15) is 0 Å². The van der Waals surface area contributed by atoms with Crippen LogP contribution < -0.4 is 0 Å². The molecular formula is C14H18ClNO4S. The van der Waals surface area contributed by atoms with Crippen LogP contribution in [0.1, 0.15) is 22.3 Å². The second-order valence-corrected chi connectivity index (χ2v) is 7.90. The molecule has 1 fully saturated rings. The number of hydrogen-bond acceptors (Lipinski definition) is 4. The van der Waals surface area contributed by atoms with E-state index in [1.807, 2.05) is 0 Å². The fraction of sp³-hybridized carbons (Fsp3) is 0.500. The first-order valence-corrected chi connectivity index (χ1v) is 8.97. The molecule has 0 radical (unpaired) electrons. The SMILES string of the molecule is COCC1CCN(C(=O)c2cc(C)cc(S(=O)(=O)Cl)c2)C1. The van der Waals surface area contributed by atoms with Crippen molar-refractivity contribution in [3.63, 3.8) is 0 Å². The predicted molar refractivity (Wildman–Crippen MR) is 80.1 cm³/mol. The number of nitrogens with zero attached hydrogens (tertiary/aromatic N) is 1. The van der Waals surface area contributed by atoms with E-state index < -0.39 is 9.05 Å². The number of rotatable bonds is 4. The molecule has 1 aromatic rings. The normalized spacial score (nSPS) is 19.0. The molecule has 1 atom stereocenters. The van der Waals surface area contributed by atoms with Crippen molar-refractivity contribution < 1.29 is 17.9 Å². The zero-order valence-corrected chi connectivity index (χ0v) is 13.6. The summed E-state index contributed by atoms with van der Waals surface area (Å²) in [6.45, 7) is 3.65. The maximum absolute atomic E-state index is 12.5. The first-order chi connectivity index (χ1) is 9.81. The molecule has 1 amide bonds. The number of ether oxygens (including phenoxy) is 1. The van der Waals surface area contributed by atoms with Crippen LogP contribution in [0.2, 0.25) is 0 Å². The van der Waals surface area contributed by atoms with Crippen LogP contribution in [0.4, 0.5) is 0 Å². The molecule has 0 N–H and O–H groups in total. The van der Waals surface area contributed by atoms with Crippen LogP contribution in [0.15, 0.2) is 23.1 Å². The summed E-state index contributed by atoms with van der Waals surface area (Å²) in [5, 5.41) is 0. The van der Waals surface area contributed by atoms with Crippen molar-refractivity contribution in [1.29, 1.82) is 0 Å². The Balaban J connectivity index is 2.22. The van der Waals surface area contributed by atoms with Gasteiger partial charge in [-0.25, -0.2) is 8.42 Å². The molecule has 1 aromatic carbocycles. The van der Waals surface area contributed by atoms with Gasteiger partial charge in [0.25, 0.3) is 15.0 Å². The highest BCUT2D eigenvalue weighted by molar-refractivity contribution is 8.13. The lowest BCUT2D eigenvalue weighted by Gasteiger charge is -2.17. The molecule has 1 saturated heterocycles. The number of methoxy groups -OCH3 is 1. The van der Waals surface area contributed by atoms with Crippen molar-refractivity contribution in [1.82, 2.24) is 4.90 Å². The van der Waals surface area contributed by atoms with Crippen LogP contribution in [-0.2, 0) is 13.8 Å². The third-order valence-corrected chi connectivity index (χ3v) is 4.89. The quantitative estimate of drug-likeness (QED) is 0.792. The Morgan fingerprint density at radius 2 is 2.14 bits per heavy atom. The fourth-order valence-electron chi connectivity index (χ4n) is 2.58. The number of halogens is 1. The van der Waals surface area contributed by atoms with E-state index in [-0.39, 0.29) is 10.8 Å². The monoisotopic (exact) mass is 331 g/mol. The molecule has 0 aromatic heterocycles. The highest BCUT2D eigenvalue weighted by Crippen LogP contribution is 2.23. The standard InChI is InChI=1S/C14H18ClNO4S/c1-10-5-12(7-13(6-10)21(15,18)19)14(17)16-4-3-11(8-16)9-20-2/h5-7,11H,3-4,8-9H2,1-2H3. The summed E-state index contributed by atoms with van der Waals surface area (Å²) in [6.07, 6.45) is 0.895. The average molecular weight is 332 g/mol. The van der Waals surface area contributed by atoms with Crippen molar-refractivity contribution in [2.75, 3.05) is 26.8 Å². The lowest BCUT2D eigenvalue weighted by molar-refractivity contribution is 0.0775. The van der Waals surface area contributed by atoms with E-state index in [1.165, 1.54) is 12.1 Å². The molecule has 1 unspecified atom stereocenters. The fourth-order valence-corrected chi connectivity index (χ4v) is 3.45. The molecule has 7 heteroatoms. The average Bonchev–Trinajstić information content (AvgIpc) is 2.85. The Kier molecular flexibility index (Phi) is 4.91. The van der Waals surface area contributed by atoms with Crippen LogP contribution in [0.3, 0.4) is 0 Å². The second kappa shape index (κ2) is 6.34. The molecule has 21 heavy (non-hydrogen) atoms. The number of amides is 1. The molecule has 116 valence electrons. The highest BCUT2D eigenvalue weighted by Gasteiger charge is 2.27. The number of aryl methyl sites for hydroxylation is 1. The summed E-state index contributed by atoms with van der Waals surface area (Å²) >= 11 is 0. The minimum Gasteiger partial charge on any atom is -0.384 e. The number of benzene rings is 1. The van der Waals surface area contributed by atoms with Crippen molar-refractivity contribution in [2.45, 2.75) is 18.2 Å². The molecule has 0 bridgehead atoms. The van der Waals surface area contributed by atoms with E-state index in [9.17, 15) is 13.2 Å². The highest BCUT2D eigenvalue weighted by atomic mass is 35.7. The summed E-state index contributed by atoms with van der Waals surface area (Å²) in [5.41, 5.74) is 1.04. The van der Waals surface area contributed by atoms with E-state index in [4.69, 9.17) is 15.4 Å². The number of carbonyl (C=O) groups excluding carboxylic acids is 1. The van der Waals surface area contributed by atoms with Crippen molar-refractivity contribution in [3.05, 3.63) is 29.3 Å². The summed E-state index contributed by atoms with van der Waals surface area (Å²) in [4.78, 5) is 14.2. The Bertz CT molecular complexity index is 644. The van der Waals surface area contributed by atoms with Gasteiger partial charge in [0, 0.05) is 42.4 Å². The van der Waals surface area contributed by atoms with Crippen LogP contribution in [0.5, 0.6) is 0 Å². The first kappa shape index (κ1) is 16.3. The lowest BCUT2D eigenvalue weighted by Crippen LogP contribution is -2.29. The van der Waals surface area contributed by atoms with Crippen molar-refractivity contribution in [3.8, 4) is 0 Å². The number of hydrogen-bond donors (Lipinski definition) is 0. The molecule has 0 saturated carbocycles. The smallest absolute Gasteiger partial charge is 0.261 e. The first-order valence-electron chi connectivity index (χ1n) is 6.66. The van der Waals surface area contributed by atoms with E-state index >= 15 is 0 Å². The predicted octanol–water partition coefficient (Wildman–Crippen LogP) is 2.03. The molecular weight excluding hydrogens is 314 g/mol. The zero-order valence-electron chi connectivity index (χ0n) is 12.0. The van der Waals surface area contributed by atoms with Crippen molar-refractivity contribution in [2.24, 2.45) is 5.92 Å². The van der Waals surface area contributed by atoms with Crippen LogP contribution in [0, 0.1) is 12.8 Å². The summed E-state index contributed by atoms with van der Waals surface area (Å²) < 4.78 is 28.0. The van der Waals surface area contributed by atoms with Gasteiger partial charge < -0.3 is 9.64 Å². The minimum atomic E-state index is -3.84. The van der Waals surface area contributed by atoms with Crippen LogP contribution in [-0.4, -0.2) is 46.0 Å². The zero-order chi connectivity index (χ0) is 15.6. The van der Waals surface area contributed by atoms with Gasteiger partial charge in [0.2, 0.25) is 0 Å². The summed E-state index contributed by atoms with van der Waals surface area (Å²) in [5.74, 6) is 0.166. The van der Waals surface area contributed by atoms with Crippen LogP contribution in [0.25, 0.3) is 0 Å². The Morgan fingerprint density at radius 1 is 1.43 bits per heavy atom. The minimum absolute atomic E-state index is 0.0415. The van der Waals surface area contributed by atoms with Crippen LogP contribution >= 0.6 is 10.7 Å². The molecule has 0 aliphatic carbocycles. The Labute approximate surface area is 129 Å². The molecule has 5 nitrogen and oxygen atoms in total. The summed E-state index contributed by atoms with van der Waals surface area (Å²) in [6, 6.07) is 4.47. The maximum atomic E-state index is 12.5. The van der Waals surface area contributed by atoms with E-state index in [2.05, 4.69) is 0 Å². The van der Waals surface area contributed by atoms with E-state index in [0.717, 1.165) is 6.42 Å². The lowest BCUT2D eigenvalue weighted by atomic mass is 10.1. The molecule has 0 spiro atoms. The van der Waals surface area contributed by atoms with Gasteiger partial charge in [-0.15, -0.1) is 0 Å². The van der Waals surface area contributed by atoms with Gasteiger partial charge in [0.15, 0.2) is 0 Å². The topological polar surface area (TPSA) is 63.7 Å². The summed E-state index contributed by atoms with van der Waals surface area (Å²) in [7, 11) is 3.16. The Morgan fingerprint density at radius 3 is 2.76 bits per heavy atom. The van der Waals surface area contributed by atoms with Gasteiger partial charge in [0.05, 0.1) is 11.5 Å². The van der Waals surface area contributed by atoms with Gasteiger partial charge in [0.1, 0.15) is 0 Å².